The molecule has 0 aromatic carbocycles. The number of nitrogens with two attached hydrogens (primary N) is 1. The van der Waals surface area contributed by atoms with Crippen molar-refractivity contribution in [2.75, 3.05) is 0 Å². The van der Waals surface area contributed by atoms with Crippen molar-refractivity contribution in [1.82, 2.24) is 15.1 Å². The zero-order valence-electron chi connectivity index (χ0n) is 11.2. The lowest BCUT2D eigenvalue weighted by Crippen LogP contribution is -2.46. The smallest absolute Gasteiger partial charge is 0.241 e. The number of nitrogens with zero attached hydrogens (tertiary/aromatic N) is 2. The predicted octanol–water partition coefficient (Wildman–Crippen LogP) is 0.230. The van der Waals surface area contributed by atoms with E-state index in [1.165, 1.54) is 0 Å². The van der Waals surface area contributed by atoms with Crippen LogP contribution in [0.2, 0.25) is 0 Å². The first-order chi connectivity index (χ1) is 9.08. The number of carbonyl (C=O) groups is 1. The number of nitrogens with one attached hydrogen (secondary N) is 1. The normalized spacial score (nSPS) is 25.6. The van der Waals surface area contributed by atoms with Gasteiger partial charge < -0.3 is 16.2 Å². The van der Waals surface area contributed by atoms with Gasteiger partial charge in [-0.1, -0.05) is 19.3 Å². The molecule has 4 N–H and O–H groups in total. The van der Waals surface area contributed by atoms with Gasteiger partial charge in [0.15, 0.2) is 0 Å². The van der Waals surface area contributed by atoms with E-state index < -0.39 is 12.1 Å². The van der Waals surface area contributed by atoms with Crippen LogP contribution in [0.25, 0.3) is 0 Å². The monoisotopic (exact) mass is 266 g/mol. The van der Waals surface area contributed by atoms with Crippen LogP contribution in [0.3, 0.4) is 0 Å². The number of aliphatic hydroxyl groups is 1. The van der Waals surface area contributed by atoms with Crippen LogP contribution in [-0.4, -0.2) is 32.9 Å². The standard InChI is InChI=1S/C13H22N4O2/c1-17-8-9(7-15-17)12(14)13(19)16-10-5-3-2-4-6-11(10)18/h7-8,10-12,18H,2-6,14H2,1H3,(H,16,19). The van der Waals surface area contributed by atoms with Gasteiger partial charge in [-0.3, -0.25) is 9.48 Å². The maximum absolute atomic E-state index is 12.1. The predicted molar refractivity (Wildman–Crippen MR) is 71.2 cm³/mol. The second kappa shape index (κ2) is 6.16. The maximum atomic E-state index is 12.1. The molecule has 1 fully saturated rings. The van der Waals surface area contributed by atoms with Crippen LogP contribution in [0, 0.1) is 0 Å². The maximum Gasteiger partial charge on any atom is 0.241 e. The Labute approximate surface area is 113 Å². The Balaban J connectivity index is 1.95. The summed E-state index contributed by atoms with van der Waals surface area (Å²) in [5, 5.41) is 16.9. The Hall–Kier alpha value is -1.40. The summed E-state index contributed by atoms with van der Waals surface area (Å²) in [6.07, 6.45) is 7.57. The summed E-state index contributed by atoms with van der Waals surface area (Å²) in [4.78, 5) is 12.1. The molecule has 2 rings (SSSR count). The molecule has 6 nitrogen and oxygen atoms in total. The number of hydrogen-bond donors (Lipinski definition) is 3. The lowest BCUT2D eigenvalue weighted by atomic mass is 10.0. The topological polar surface area (TPSA) is 93.2 Å². The highest BCUT2D eigenvalue weighted by atomic mass is 16.3. The van der Waals surface area contributed by atoms with Crippen molar-refractivity contribution in [3.63, 3.8) is 0 Å². The molecule has 3 atom stereocenters. The van der Waals surface area contributed by atoms with Gasteiger partial charge in [0, 0.05) is 18.8 Å². The molecule has 1 aliphatic carbocycles. The molecule has 0 radical (unpaired) electrons. The van der Waals surface area contributed by atoms with E-state index in [-0.39, 0.29) is 11.9 Å². The third-order valence-corrected chi connectivity index (χ3v) is 3.67. The van der Waals surface area contributed by atoms with E-state index in [0.29, 0.717) is 5.56 Å². The minimum atomic E-state index is -0.732. The number of amides is 1. The third kappa shape index (κ3) is 3.54. The van der Waals surface area contributed by atoms with Crippen LogP contribution < -0.4 is 11.1 Å². The fourth-order valence-corrected chi connectivity index (χ4v) is 2.48. The number of aryl methyl sites for hydroxylation is 1. The number of hydrogen-bond acceptors (Lipinski definition) is 4. The Morgan fingerprint density at radius 2 is 2.26 bits per heavy atom. The van der Waals surface area contributed by atoms with Crippen LogP contribution in [0.15, 0.2) is 12.4 Å². The fraction of sp³-hybridized carbons (Fsp3) is 0.692. The molecule has 1 amide bonds. The first-order valence-electron chi connectivity index (χ1n) is 6.80. The fourth-order valence-electron chi connectivity index (χ4n) is 2.48. The summed E-state index contributed by atoms with van der Waals surface area (Å²) in [6.45, 7) is 0. The van der Waals surface area contributed by atoms with Gasteiger partial charge in [0.25, 0.3) is 0 Å². The van der Waals surface area contributed by atoms with Crippen LogP contribution in [0.1, 0.15) is 43.7 Å². The Morgan fingerprint density at radius 1 is 1.53 bits per heavy atom. The van der Waals surface area contributed by atoms with Crippen molar-refractivity contribution in [3.8, 4) is 0 Å². The minimum absolute atomic E-state index is 0.183. The molecule has 1 aromatic heterocycles. The highest BCUT2D eigenvalue weighted by Gasteiger charge is 2.26. The quantitative estimate of drug-likeness (QED) is 0.683. The summed E-state index contributed by atoms with van der Waals surface area (Å²) in [7, 11) is 1.78. The molecule has 0 spiro atoms. The van der Waals surface area contributed by atoms with Crippen molar-refractivity contribution < 1.29 is 9.90 Å². The average Bonchev–Trinajstić information content (AvgIpc) is 2.72. The highest BCUT2D eigenvalue weighted by molar-refractivity contribution is 5.83. The second-order valence-corrected chi connectivity index (χ2v) is 5.25. The van der Waals surface area contributed by atoms with Gasteiger partial charge in [0.05, 0.1) is 18.3 Å². The molecule has 106 valence electrons. The molecule has 1 aliphatic rings. The summed E-state index contributed by atoms with van der Waals surface area (Å²) in [5.74, 6) is -0.251. The lowest BCUT2D eigenvalue weighted by Gasteiger charge is -2.23. The summed E-state index contributed by atoms with van der Waals surface area (Å²) in [5.41, 5.74) is 6.59. The third-order valence-electron chi connectivity index (χ3n) is 3.67. The van der Waals surface area contributed by atoms with E-state index in [1.807, 2.05) is 0 Å². The zero-order valence-corrected chi connectivity index (χ0v) is 11.2. The molecule has 0 saturated heterocycles. The highest BCUT2D eigenvalue weighted by Crippen LogP contribution is 2.19. The summed E-state index contributed by atoms with van der Waals surface area (Å²) in [6, 6.07) is -0.915. The summed E-state index contributed by atoms with van der Waals surface area (Å²) >= 11 is 0. The summed E-state index contributed by atoms with van der Waals surface area (Å²) < 4.78 is 1.61. The largest absolute Gasteiger partial charge is 0.391 e. The van der Waals surface area contributed by atoms with Crippen LogP contribution >= 0.6 is 0 Å². The number of aliphatic hydroxyl groups excluding tert-OH is 1. The Kier molecular flexibility index (Phi) is 4.55. The molecule has 1 saturated carbocycles. The van der Waals surface area contributed by atoms with Gasteiger partial charge in [-0.15, -0.1) is 0 Å². The molecular formula is C13H22N4O2. The minimum Gasteiger partial charge on any atom is -0.391 e. The molecule has 6 heteroatoms. The second-order valence-electron chi connectivity index (χ2n) is 5.25. The van der Waals surface area contributed by atoms with E-state index in [0.717, 1.165) is 32.1 Å². The van der Waals surface area contributed by atoms with Gasteiger partial charge >= 0.3 is 0 Å². The van der Waals surface area contributed by atoms with E-state index >= 15 is 0 Å². The van der Waals surface area contributed by atoms with Gasteiger partial charge in [0.2, 0.25) is 5.91 Å². The van der Waals surface area contributed by atoms with Gasteiger partial charge in [-0.25, -0.2) is 0 Å². The van der Waals surface area contributed by atoms with E-state index in [9.17, 15) is 9.90 Å². The molecule has 3 unspecified atom stereocenters. The first kappa shape index (κ1) is 14.0. The van der Waals surface area contributed by atoms with Crippen LogP contribution in [0.4, 0.5) is 0 Å². The molecule has 0 bridgehead atoms. The van der Waals surface area contributed by atoms with Crippen LogP contribution in [0.5, 0.6) is 0 Å². The SMILES string of the molecule is Cn1cc(C(N)C(=O)NC2CCCCCC2O)cn1. The van der Waals surface area contributed by atoms with E-state index in [2.05, 4.69) is 10.4 Å². The molecule has 1 aromatic rings. The van der Waals surface area contributed by atoms with Crippen molar-refractivity contribution in [2.24, 2.45) is 12.8 Å². The van der Waals surface area contributed by atoms with Crippen molar-refractivity contribution >= 4 is 5.91 Å². The van der Waals surface area contributed by atoms with Gasteiger partial charge in [0.1, 0.15) is 6.04 Å². The van der Waals surface area contributed by atoms with E-state index in [1.54, 1.807) is 24.1 Å². The molecule has 19 heavy (non-hydrogen) atoms. The Bertz CT molecular complexity index is 432. The molecular weight excluding hydrogens is 244 g/mol. The van der Waals surface area contributed by atoms with Crippen LogP contribution in [-0.2, 0) is 11.8 Å². The van der Waals surface area contributed by atoms with Crippen molar-refractivity contribution in [2.45, 2.75) is 50.3 Å². The Morgan fingerprint density at radius 3 is 2.95 bits per heavy atom. The van der Waals surface area contributed by atoms with Gasteiger partial charge in [-0.05, 0) is 12.8 Å². The number of carbonyl (C=O) groups excluding carboxylic acids is 1. The van der Waals surface area contributed by atoms with Crippen molar-refractivity contribution in [1.29, 1.82) is 0 Å². The van der Waals surface area contributed by atoms with Crippen molar-refractivity contribution in [3.05, 3.63) is 18.0 Å². The number of aromatic nitrogens is 2. The molecule has 0 aliphatic heterocycles. The molecule has 1 heterocycles. The average molecular weight is 266 g/mol. The number of rotatable bonds is 3. The van der Waals surface area contributed by atoms with Gasteiger partial charge in [-0.2, -0.15) is 5.10 Å². The van der Waals surface area contributed by atoms with E-state index in [4.69, 9.17) is 5.73 Å². The first-order valence-corrected chi connectivity index (χ1v) is 6.80. The lowest BCUT2D eigenvalue weighted by molar-refractivity contribution is -0.124. The zero-order chi connectivity index (χ0) is 13.8.